The summed E-state index contributed by atoms with van der Waals surface area (Å²) in [6, 6.07) is 15.4. The largest absolute Gasteiger partial charge is 0.419 e. The number of carbonyl (C=O) groups excluding carboxylic acids is 1. The van der Waals surface area contributed by atoms with Crippen molar-refractivity contribution in [2.45, 2.75) is 32.7 Å². The van der Waals surface area contributed by atoms with Crippen LogP contribution in [0.15, 0.2) is 57.4 Å². The van der Waals surface area contributed by atoms with Gasteiger partial charge in [-0.2, -0.15) is 0 Å². The summed E-state index contributed by atoms with van der Waals surface area (Å²) in [5, 5.41) is 8.20. The number of nitrogens with zero attached hydrogens (tertiary/aromatic N) is 3. The van der Waals surface area contributed by atoms with Gasteiger partial charge in [0.15, 0.2) is 0 Å². The fourth-order valence-electron chi connectivity index (χ4n) is 2.66. The third-order valence-electron chi connectivity index (χ3n) is 4.29. The molecule has 0 bridgehead atoms. The number of benzene rings is 2. The van der Waals surface area contributed by atoms with E-state index in [-0.39, 0.29) is 17.9 Å². The molecule has 5 nitrogen and oxygen atoms in total. The number of aromatic nitrogens is 2. The Morgan fingerprint density at radius 1 is 1.07 bits per heavy atom. The van der Waals surface area contributed by atoms with Crippen LogP contribution in [0.5, 0.6) is 0 Å². The molecule has 1 aromatic heterocycles. The minimum atomic E-state index is -0.114. The number of amides is 1. The Morgan fingerprint density at radius 2 is 1.74 bits per heavy atom. The minimum absolute atomic E-state index is 0.0906. The van der Waals surface area contributed by atoms with Crippen LogP contribution in [-0.2, 0) is 12.0 Å². The first kappa shape index (κ1) is 19.3. The second-order valence-electron chi connectivity index (χ2n) is 7.47. The third kappa shape index (κ3) is 4.45. The summed E-state index contributed by atoms with van der Waals surface area (Å²) >= 11 is 3.41. The fourth-order valence-corrected chi connectivity index (χ4v) is 3.12. The predicted molar refractivity (Wildman–Crippen MR) is 108 cm³/mol. The van der Waals surface area contributed by atoms with E-state index < -0.39 is 0 Å². The van der Waals surface area contributed by atoms with Gasteiger partial charge in [-0.3, -0.25) is 4.79 Å². The van der Waals surface area contributed by atoms with E-state index in [2.05, 4.69) is 59.0 Å². The molecule has 0 spiro atoms. The zero-order chi connectivity index (χ0) is 19.6. The first-order chi connectivity index (χ1) is 12.8. The molecule has 0 N–H and O–H groups in total. The Kier molecular flexibility index (Phi) is 5.46. The summed E-state index contributed by atoms with van der Waals surface area (Å²) < 4.78 is 6.51. The highest BCUT2D eigenvalue weighted by atomic mass is 79.9. The topological polar surface area (TPSA) is 59.2 Å². The van der Waals surface area contributed by atoms with Crippen molar-refractivity contribution in [3.8, 4) is 11.5 Å². The monoisotopic (exact) mass is 427 g/mol. The van der Waals surface area contributed by atoms with Crippen molar-refractivity contribution < 1.29 is 9.21 Å². The Labute approximate surface area is 167 Å². The lowest BCUT2D eigenvalue weighted by atomic mass is 9.87. The molecule has 6 heteroatoms. The standard InChI is InChI=1S/C21H22BrN3O2/c1-21(2,3)15-11-9-14(10-12-15)19-24-23-18(27-19)13-25(4)20(26)16-7-5-6-8-17(16)22/h5-12H,13H2,1-4H3. The van der Waals surface area contributed by atoms with Crippen LogP contribution >= 0.6 is 15.9 Å². The maximum atomic E-state index is 12.6. The van der Waals surface area contributed by atoms with Crippen molar-refractivity contribution in [1.82, 2.24) is 15.1 Å². The van der Waals surface area contributed by atoms with Gasteiger partial charge in [0.05, 0.1) is 12.1 Å². The van der Waals surface area contributed by atoms with Gasteiger partial charge >= 0.3 is 0 Å². The van der Waals surface area contributed by atoms with E-state index in [4.69, 9.17) is 4.42 Å². The zero-order valence-corrected chi connectivity index (χ0v) is 17.4. The molecule has 140 valence electrons. The quantitative estimate of drug-likeness (QED) is 0.582. The van der Waals surface area contributed by atoms with Gasteiger partial charge in [0.1, 0.15) is 0 Å². The molecule has 0 atom stereocenters. The van der Waals surface area contributed by atoms with E-state index in [1.807, 2.05) is 30.3 Å². The van der Waals surface area contributed by atoms with Crippen molar-refractivity contribution in [2.24, 2.45) is 0 Å². The second-order valence-corrected chi connectivity index (χ2v) is 8.32. The molecule has 3 aromatic rings. The van der Waals surface area contributed by atoms with Crippen LogP contribution in [0.2, 0.25) is 0 Å². The van der Waals surface area contributed by atoms with Gasteiger partial charge in [0.2, 0.25) is 11.8 Å². The minimum Gasteiger partial charge on any atom is -0.419 e. The van der Waals surface area contributed by atoms with Crippen molar-refractivity contribution in [3.63, 3.8) is 0 Å². The zero-order valence-electron chi connectivity index (χ0n) is 15.9. The molecule has 0 radical (unpaired) electrons. The van der Waals surface area contributed by atoms with Crippen molar-refractivity contribution >= 4 is 21.8 Å². The number of halogens is 1. The normalized spacial score (nSPS) is 11.4. The van der Waals surface area contributed by atoms with E-state index in [9.17, 15) is 4.79 Å². The van der Waals surface area contributed by atoms with E-state index >= 15 is 0 Å². The Bertz CT molecular complexity index is 943. The fraction of sp³-hybridized carbons (Fsp3) is 0.286. The molecule has 0 aliphatic heterocycles. The summed E-state index contributed by atoms with van der Waals surface area (Å²) in [7, 11) is 1.71. The van der Waals surface area contributed by atoms with Crippen LogP contribution in [0.1, 0.15) is 42.6 Å². The van der Waals surface area contributed by atoms with Gasteiger partial charge in [0.25, 0.3) is 5.91 Å². The average Bonchev–Trinajstić information content (AvgIpc) is 3.09. The van der Waals surface area contributed by atoms with E-state index in [1.54, 1.807) is 18.0 Å². The van der Waals surface area contributed by atoms with Crippen LogP contribution < -0.4 is 0 Å². The summed E-state index contributed by atoms with van der Waals surface area (Å²) in [6.45, 7) is 6.76. The lowest BCUT2D eigenvalue weighted by Crippen LogP contribution is -2.26. The predicted octanol–water partition coefficient (Wildman–Crippen LogP) is 5.07. The van der Waals surface area contributed by atoms with Crippen molar-refractivity contribution in [3.05, 3.63) is 70.0 Å². The smallest absolute Gasteiger partial charge is 0.255 e. The van der Waals surface area contributed by atoms with Gasteiger partial charge in [-0.15, -0.1) is 10.2 Å². The molecule has 2 aromatic carbocycles. The maximum absolute atomic E-state index is 12.6. The first-order valence-electron chi connectivity index (χ1n) is 8.69. The highest BCUT2D eigenvalue weighted by Gasteiger charge is 2.18. The van der Waals surface area contributed by atoms with Crippen molar-refractivity contribution in [2.75, 3.05) is 7.05 Å². The summed E-state index contributed by atoms with van der Waals surface area (Å²) in [5.41, 5.74) is 2.79. The summed E-state index contributed by atoms with van der Waals surface area (Å²) in [5.74, 6) is 0.733. The number of hydrogen-bond donors (Lipinski definition) is 0. The molecule has 0 saturated carbocycles. The summed E-state index contributed by atoms with van der Waals surface area (Å²) in [4.78, 5) is 14.1. The lowest BCUT2D eigenvalue weighted by Gasteiger charge is -2.18. The number of carbonyl (C=O) groups is 1. The summed E-state index contributed by atoms with van der Waals surface area (Å²) in [6.07, 6.45) is 0. The van der Waals surface area contributed by atoms with Gasteiger partial charge in [-0.25, -0.2) is 0 Å². The van der Waals surface area contributed by atoms with Crippen LogP contribution in [0, 0.1) is 0 Å². The third-order valence-corrected chi connectivity index (χ3v) is 4.98. The molecular formula is C21H22BrN3O2. The van der Waals surface area contributed by atoms with Gasteiger partial charge in [-0.05, 0) is 51.2 Å². The lowest BCUT2D eigenvalue weighted by molar-refractivity contribution is 0.0772. The Balaban J connectivity index is 1.72. The van der Waals surface area contributed by atoms with Gasteiger partial charge < -0.3 is 9.32 Å². The molecule has 1 heterocycles. The molecular weight excluding hydrogens is 406 g/mol. The van der Waals surface area contributed by atoms with Crippen molar-refractivity contribution in [1.29, 1.82) is 0 Å². The Hall–Kier alpha value is -2.47. The Morgan fingerprint density at radius 3 is 2.37 bits per heavy atom. The molecule has 27 heavy (non-hydrogen) atoms. The number of rotatable bonds is 4. The molecule has 0 aliphatic rings. The maximum Gasteiger partial charge on any atom is 0.255 e. The van der Waals surface area contributed by atoms with Crippen LogP contribution in [0.4, 0.5) is 0 Å². The molecule has 0 unspecified atom stereocenters. The second kappa shape index (κ2) is 7.64. The van der Waals surface area contributed by atoms with Crippen LogP contribution in [-0.4, -0.2) is 28.1 Å². The molecule has 1 amide bonds. The highest BCUT2D eigenvalue weighted by molar-refractivity contribution is 9.10. The van der Waals surface area contributed by atoms with Crippen LogP contribution in [0.3, 0.4) is 0 Å². The molecule has 0 aliphatic carbocycles. The molecule has 0 fully saturated rings. The average molecular weight is 428 g/mol. The number of hydrogen-bond acceptors (Lipinski definition) is 4. The highest BCUT2D eigenvalue weighted by Crippen LogP contribution is 2.26. The van der Waals surface area contributed by atoms with E-state index in [0.29, 0.717) is 17.3 Å². The molecule has 0 saturated heterocycles. The SMILES string of the molecule is CN(Cc1nnc(-c2ccc(C(C)(C)C)cc2)o1)C(=O)c1ccccc1Br. The van der Waals surface area contributed by atoms with Gasteiger partial charge in [0, 0.05) is 17.1 Å². The first-order valence-corrected chi connectivity index (χ1v) is 9.48. The van der Waals surface area contributed by atoms with Gasteiger partial charge in [-0.1, -0.05) is 45.0 Å². The van der Waals surface area contributed by atoms with E-state index in [0.717, 1.165) is 10.0 Å². The van der Waals surface area contributed by atoms with Crippen LogP contribution in [0.25, 0.3) is 11.5 Å². The molecule has 3 rings (SSSR count). The van der Waals surface area contributed by atoms with E-state index in [1.165, 1.54) is 5.56 Å².